The molecule has 1 N–H and O–H groups in total. The third kappa shape index (κ3) is 4.77. The molecule has 0 spiro atoms. The van der Waals surface area contributed by atoms with Crippen molar-refractivity contribution in [3.8, 4) is 0 Å². The van der Waals surface area contributed by atoms with Gasteiger partial charge in [-0.15, -0.1) is 11.3 Å². The van der Waals surface area contributed by atoms with Gasteiger partial charge in [0, 0.05) is 15.8 Å². The van der Waals surface area contributed by atoms with E-state index in [0.29, 0.717) is 6.04 Å². The minimum Gasteiger partial charge on any atom is -0.309 e. The normalized spacial score (nSPS) is 12.5. The summed E-state index contributed by atoms with van der Waals surface area (Å²) in [6.07, 6.45) is 4.83. The van der Waals surface area contributed by atoms with Crippen LogP contribution in [0.3, 0.4) is 0 Å². The van der Waals surface area contributed by atoms with Gasteiger partial charge in [0.15, 0.2) is 0 Å². The summed E-state index contributed by atoms with van der Waals surface area (Å²) in [5.41, 5.74) is 1.45. The monoisotopic (exact) mass is 287 g/mol. The van der Waals surface area contributed by atoms with E-state index in [1.807, 2.05) is 11.3 Å². The van der Waals surface area contributed by atoms with Crippen LogP contribution in [-0.2, 0) is 6.42 Å². The van der Waals surface area contributed by atoms with Gasteiger partial charge in [-0.25, -0.2) is 0 Å². The Morgan fingerprint density at radius 3 is 2.55 bits per heavy atom. The molecule has 0 amide bonds. The first-order valence-electron chi connectivity index (χ1n) is 7.63. The van der Waals surface area contributed by atoms with Crippen LogP contribution in [0.5, 0.6) is 0 Å². The van der Waals surface area contributed by atoms with Crippen LogP contribution in [0.1, 0.15) is 47.5 Å². The molecule has 2 rings (SSSR count). The topological polar surface area (TPSA) is 12.0 Å². The Morgan fingerprint density at radius 1 is 1.10 bits per heavy atom. The van der Waals surface area contributed by atoms with E-state index >= 15 is 0 Å². The van der Waals surface area contributed by atoms with E-state index in [1.165, 1.54) is 41.0 Å². The SMILES string of the molecule is CCCNC(CCCc1ccccc1)c1ccc(C)s1. The van der Waals surface area contributed by atoms with Gasteiger partial charge in [-0.2, -0.15) is 0 Å². The Labute approximate surface area is 127 Å². The van der Waals surface area contributed by atoms with Crippen molar-refractivity contribution in [2.45, 2.75) is 45.6 Å². The molecular formula is C18H25NS. The van der Waals surface area contributed by atoms with Gasteiger partial charge >= 0.3 is 0 Å². The highest BCUT2D eigenvalue weighted by atomic mass is 32.1. The van der Waals surface area contributed by atoms with Crippen molar-refractivity contribution in [2.75, 3.05) is 6.54 Å². The van der Waals surface area contributed by atoms with E-state index in [4.69, 9.17) is 0 Å². The lowest BCUT2D eigenvalue weighted by molar-refractivity contribution is 0.490. The molecule has 0 fully saturated rings. The van der Waals surface area contributed by atoms with E-state index in [-0.39, 0.29) is 0 Å². The average Bonchev–Trinajstić information content (AvgIpc) is 2.90. The second-order valence-corrected chi connectivity index (χ2v) is 6.65. The molecule has 0 radical (unpaired) electrons. The number of aryl methyl sites for hydroxylation is 2. The Bertz CT molecular complexity index is 489. The van der Waals surface area contributed by atoms with Crippen LogP contribution < -0.4 is 5.32 Å². The van der Waals surface area contributed by atoms with Crippen LogP contribution in [0.2, 0.25) is 0 Å². The Balaban J connectivity index is 1.87. The molecule has 1 nitrogen and oxygen atoms in total. The lowest BCUT2D eigenvalue weighted by Crippen LogP contribution is -2.21. The first kappa shape index (κ1) is 15.3. The molecule has 0 aliphatic carbocycles. The molecule has 1 heterocycles. The zero-order valence-electron chi connectivity index (χ0n) is 12.6. The molecule has 1 unspecified atom stereocenters. The third-order valence-corrected chi connectivity index (χ3v) is 4.66. The van der Waals surface area contributed by atoms with Gasteiger partial charge in [0.05, 0.1) is 0 Å². The molecular weight excluding hydrogens is 262 g/mol. The van der Waals surface area contributed by atoms with Crippen LogP contribution in [0.4, 0.5) is 0 Å². The van der Waals surface area contributed by atoms with E-state index < -0.39 is 0 Å². The Kier molecular flexibility index (Phi) is 6.28. The molecule has 0 saturated heterocycles. The molecule has 0 aliphatic rings. The molecule has 1 aromatic heterocycles. The molecule has 0 bridgehead atoms. The van der Waals surface area contributed by atoms with E-state index in [2.05, 4.69) is 61.6 Å². The maximum Gasteiger partial charge on any atom is 0.0415 e. The van der Waals surface area contributed by atoms with E-state index in [0.717, 1.165) is 6.54 Å². The minimum atomic E-state index is 0.525. The van der Waals surface area contributed by atoms with Gasteiger partial charge in [-0.05, 0) is 56.8 Å². The van der Waals surface area contributed by atoms with Crippen molar-refractivity contribution >= 4 is 11.3 Å². The number of rotatable bonds is 8. The van der Waals surface area contributed by atoms with Crippen LogP contribution in [0, 0.1) is 6.92 Å². The summed E-state index contributed by atoms with van der Waals surface area (Å²) in [5.74, 6) is 0. The first-order chi connectivity index (χ1) is 9.79. The van der Waals surface area contributed by atoms with Gasteiger partial charge in [0.2, 0.25) is 0 Å². The van der Waals surface area contributed by atoms with Crippen LogP contribution >= 0.6 is 11.3 Å². The van der Waals surface area contributed by atoms with Crippen LogP contribution in [-0.4, -0.2) is 6.54 Å². The van der Waals surface area contributed by atoms with Crippen molar-refractivity contribution in [1.29, 1.82) is 0 Å². The number of thiophene rings is 1. The molecule has 0 aliphatic heterocycles. The van der Waals surface area contributed by atoms with Crippen LogP contribution in [0.25, 0.3) is 0 Å². The minimum absolute atomic E-state index is 0.525. The predicted octanol–water partition coefficient (Wildman–Crippen LogP) is 5.12. The van der Waals surface area contributed by atoms with E-state index in [9.17, 15) is 0 Å². The molecule has 1 atom stereocenters. The highest BCUT2D eigenvalue weighted by molar-refractivity contribution is 7.12. The van der Waals surface area contributed by atoms with Gasteiger partial charge < -0.3 is 5.32 Å². The second-order valence-electron chi connectivity index (χ2n) is 5.33. The summed E-state index contributed by atoms with van der Waals surface area (Å²) in [6, 6.07) is 15.8. The lowest BCUT2D eigenvalue weighted by Gasteiger charge is -2.17. The van der Waals surface area contributed by atoms with Gasteiger partial charge in [0.25, 0.3) is 0 Å². The molecule has 0 saturated carbocycles. The highest BCUT2D eigenvalue weighted by Crippen LogP contribution is 2.26. The van der Waals surface area contributed by atoms with Gasteiger partial charge in [-0.3, -0.25) is 0 Å². The fourth-order valence-electron chi connectivity index (χ4n) is 2.46. The van der Waals surface area contributed by atoms with Crippen molar-refractivity contribution in [2.24, 2.45) is 0 Å². The number of benzene rings is 1. The molecule has 2 aromatic rings. The summed E-state index contributed by atoms with van der Waals surface area (Å²) in [4.78, 5) is 2.90. The maximum absolute atomic E-state index is 3.70. The zero-order valence-corrected chi connectivity index (χ0v) is 13.4. The highest BCUT2D eigenvalue weighted by Gasteiger charge is 2.12. The summed E-state index contributed by atoms with van der Waals surface area (Å²) in [5, 5.41) is 3.70. The summed E-state index contributed by atoms with van der Waals surface area (Å²) in [7, 11) is 0. The Hall–Kier alpha value is -1.12. The standard InChI is InChI=1S/C18H25NS/c1-3-14-19-17(18-13-12-15(2)20-18)11-7-10-16-8-5-4-6-9-16/h4-6,8-9,12-13,17,19H,3,7,10-11,14H2,1-2H3. The second kappa shape index (κ2) is 8.23. The fraction of sp³-hybridized carbons (Fsp3) is 0.444. The predicted molar refractivity (Wildman–Crippen MR) is 89.5 cm³/mol. The molecule has 108 valence electrons. The van der Waals surface area contributed by atoms with Crippen molar-refractivity contribution in [3.05, 3.63) is 57.8 Å². The lowest BCUT2D eigenvalue weighted by atomic mass is 10.0. The molecule has 1 aromatic carbocycles. The summed E-state index contributed by atoms with van der Waals surface area (Å²) < 4.78 is 0. The first-order valence-corrected chi connectivity index (χ1v) is 8.45. The zero-order chi connectivity index (χ0) is 14.2. The molecule has 2 heteroatoms. The van der Waals surface area contributed by atoms with E-state index in [1.54, 1.807) is 0 Å². The van der Waals surface area contributed by atoms with Crippen molar-refractivity contribution in [3.63, 3.8) is 0 Å². The number of nitrogens with one attached hydrogen (secondary N) is 1. The maximum atomic E-state index is 3.70. The quantitative estimate of drug-likeness (QED) is 0.710. The van der Waals surface area contributed by atoms with Crippen LogP contribution in [0.15, 0.2) is 42.5 Å². The molecule has 20 heavy (non-hydrogen) atoms. The largest absolute Gasteiger partial charge is 0.309 e. The third-order valence-electron chi connectivity index (χ3n) is 3.55. The fourth-order valence-corrected chi connectivity index (χ4v) is 3.45. The van der Waals surface area contributed by atoms with Gasteiger partial charge in [-0.1, -0.05) is 37.3 Å². The summed E-state index contributed by atoms with van der Waals surface area (Å²) in [6.45, 7) is 5.52. The summed E-state index contributed by atoms with van der Waals surface area (Å²) >= 11 is 1.93. The van der Waals surface area contributed by atoms with Crippen molar-refractivity contribution < 1.29 is 0 Å². The smallest absolute Gasteiger partial charge is 0.0415 e. The average molecular weight is 287 g/mol. The van der Waals surface area contributed by atoms with Crippen molar-refractivity contribution in [1.82, 2.24) is 5.32 Å². The number of hydrogen-bond donors (Lipinski definition) is 1. The van der Waals surface area contributed by atoms with Gasteiger partial charge in [0.1, 0.15) is 0 Å². The Morgan fingerprint density at radius 2 is 1.90 bits per heavy atom. The number of hydrogen-bond acceptors (Lipinski definition) is 2.